The first-order valence-electron chi connectivity index (χ1n) is 8.12. The number of ether oxygens (including phenoxy) is 2. The minimum Gasteiger partial charge on any atom is -0.482 e. The van der Waals surface area contributed by atoms with Gasteiger partial charge in [0.1, 0.15) is 11.8 Å². The number of nitrogens with zero attached hydrogens (tertiary/aromatic N) is 1. The molecule has 0 radical (unpaired) electrons. The summed E-state index contributed by atoms with van der Waals surface area (Å²) in [4.78, 5) is 26.5. The Labute approximate surface area is 157 Å². The topological polar surface area (TPSA) is 67.9 Å². The van der Waals surface area contributed by atoms with E-state index < -0.39 is 6.04 Å². The average molecular weight is 389 g/mol. The number of hydrogen-bond acceptors (Lipinski definition) is 4. The van der Waals surface area contributed by atoms with Crippen LogP contribution in [-0.2, 0) is 14.3 Å². The predicted molar refractivity (Wildman–Crippen MR) is 96.1 cm³/mol. The Morgan fingerprint density at radius 2 is 1.96 bits per heavy atom. The highest BCUT2D eigenvalue weighted by atomic mass is 35.5. The number of amides is 2. The number of halogens is 2. The van der Waals surface area contributed by atoms with E-state index in [4.69, 9.17) is 32.7 Å². The summed E-state index contributed by atoms with van der Waals surface area (Å²) in [7, 11) is 0. The SMILES string of the molecule is CC(C)[C@H](NC(=O)COc1ccc(Cl)cc1Cl)C(=O)N1CCOCC1. The Morgan fingerprint density at radius 3 is 2.56 bits per heavy atom. The molecule has 0 spiro atoms. The van der Waals surface area contributed by atoms with E-state index >= 15 is 0 Å². The molecule has 6 nitrogen and oxygen atoms in total. The van der Waals surface area contributed by atoms with Crippen LogP contribution < -0.4 is 10.1 Å². The summed E-state index contributed by atoms with van der Waals surface area (Å²) in [5, 5.41) is 3.56. The largest absolute Gasteiger partial charge is 0.482 e. The van der Waals surface area contributed by atoms with Crippen LogP contribution in [-0.4, -0.2) is 55.7 Å². The average Bonchev–Trinajstić information content (AvgIpc) is 2.59. The summed E-state index contributed by atoms with van der Waals surface area (Å²) in [6.07, 6.45) is 0. The molecule has 0 aromatic heterocycles. The number of carbonyl (C=O) groups is 2. The molecule has 2 rings (SSSR count). The molecular formula is C17H22Cl2N2O4. The Morgan fingerprint density at radius 1 is 1.28 bits per heavy atom. The number of rotatable bonds is 6. The van der Waals surface area contributed by atoms with Crippen molar-refractivity contribution in [1.82, 2.24) is 10.2 Å². The van der Waals surface area contributed by atoms with Gasteiger partial charge in [-0.25, -0.2) is 0 Å². The lowest BCUT2D eigenvalue weighted by Gasteiger charge is -2.32. The van der Waals surface area contributed by atoms with Crippen LogP contribution in [0, 0.1) is 5.92 Å². The van der Waals surface area contributed by atoms with Gasteiger partial charge in [0.2, 0.25) is 5.91 Å². The first kappa shape index (κ1) is 19.8. The fourth-order valence-electron chi connectivity index (χ4n) is 2.44. The minimum atomic E-state index is -0.602. The van der Waals surface area contributed by atoms with E-state index in [1.54, 1.807) is 17.0 Å². The van der Waals surface area contributed by atoms with Crippen LogP contribution in [0.4, 0.5) is 0 Å². The van der Waals surface area contributed by atoms with Gasteiger partial charge in [-0.2, -0.15) is 0 Å². The van der Waals surface area contributed by atoms with Gasteiger partial charge in [0.25, 0.3) is 5.91 Å². The highest BCUT2D eigenvalue weighted by Crippen LogP contribution is 2.27. The van der Waals surface area contributed by atoms with E-state index in [0.717, 1.165) is 0 Å². The van der Waals surface area contributed by atoms with E-state index in [2.05, 4.69) is 5.32 Å². The van der Waals surface area contributed by atoms with E-state index in [9.17, 15) is 9.59 Å². The number of morpholine rings is 1. The first-order chi connectivity index (χ1) is 11.9. The zero-order chi connectivity index (χ0) is 18.4. The monoisotopic (exact) mass is 388 g/mol. The number of carbonyl (C=O) groups excluding carboxylic acids is 2. The smallest absolute Gasteiger partial charge is 0.258 e. The van der Waals surface area contributed by atoms with Crippen LogP contribution in [0.1, 0.15) is 13.8 Å². The summed E-state index contributed by atoms with van der Waals surface area (Å²) >= 11 is 11.8. The molecule has 8 heteroatoms. The molecular weight excluding hydrogens is 367 g/mol. The van der Waals surface area contributed by atoms with Gasteiger partial charge in [-0.05, 0) is 24.1 Å². The van der Waals surface area contributed by atoms with Gasteiger partial charge in [0.05, 0.1) is 18.2 Å². The van der Waals surface area contributed by atoms with Crippen LogP contribution in [0.2, 0.25) is 10.0 Å². The molecule has 1 fully saturated rings. The molecule has 0 saturated carbocycles. The maximum absolute atomic E-state index is 12.6. The lowest BCUT2D eigenvalue weighted by Crippen LogP contribution is -2.54. The lowest BCUT2D eigenvalue weighted by molar-refractivity contribution is -0.141. The molecule has 1 aliphatic heterocycles. The second-order valence-electron chi connectivity index (χ2n) is 6.09. The molecule has 1 atom stereocenters. The van der Waals surface area contributed by atoms with Crippen LogP contribution in [0.3, 0.4) is 0 Å². The molecule has 1 aromatic rings. The lowest BCUT2D eigenvalue weighted by atomic mass is 10.0. The normalized spacial score (nSPS) is 15.8. The predicted octanol–water partition coefficient (Wildman–Crippen LogP) is 2.37. The Bertz CT molecular complexity index is 619. The molecule has 138 valence electrons. The fraction of sp³-hybridized carbons (Fsp3) is 0.529. The van der Waals surface area contributed by atoms with Crippen molar-refractivity contribution in [2.75, 3.05) is 32.9 Å². The fourth-order valence-corrected chi connectivity index (χ4v) is 2.91. The highest BCUT2D eigenvalue weighted by molar-refractivity contribution is 6.35. The molecule has 1 N–H and O–H groups in total. The van der Waals surface area contributed by atoms with E-state index in [-0.39, 0.29) is 24.3 Å². The van der Waals surface area contributed by atoms with Gasteiger partial charge in [0, 0.05) is 18.1 Å². The van der Waals surface area contributed by atoms with Crippen molar-refractivity contribution in [3.8, 4) is 5.75 Å². The van der Waals surface area contributed by atoms with E-state index in [1.165, 1.54) is 6.07 Å². The van der Waals surface area contributed by atoms with Gasteiger partial charge < -0.3 is 19.7 Å². The third-order valence-corrected chi connectivity index (χ3v) is 4.36. The summed E-state index contributed by atoms with van der Waals surface area (Å²) in [5.41, 5.74) is 0. The van der Waals surface area contributed by atoms with Crippen molar-refractivity contribution in [1.29, 1.82) is 0 Å². The summed E-state index contributed by atoms with van der Waals surface area (Å²) in [6.45, 7) is 5.65. The Kier molecular flexibility index (Phi) is 7.35. The molecule has 1 heterocycles. The number of hydrogen-bond donors (Lipinski definition) is 1. The quantitative estimate of drug-likeness (QED) is 0.811. The standard InChI is InChI=1S/C17H22Cl2N2O4/c1-11(2)16(17(23)21-5-7-24-8-6-21)20-15(22)10-25-14-4-3-12(18)9-13(14)19/h3-4,9,11,16H,5-8,10H2,1-2H3,(H,20,22)/t16-/m0/s1. The maximum atomic E-state index is 12.6. The highest BCUT2D eigenvalue weighted by Gasteiger charge is 2.29. The molecule has 1 saturated heterocycles. The molecule has 1 aromatic carbocycles. The van der Waals surface area contributed by atoms with Gasteiger partial charge in [0.15, 0.2) is 6.61 Å². The van der Waals surface area contributed by atoms with E-state index in [1.807, 2.05) is 13.8 Å². The Hall–Kier alpha value is -1.50. The van der Waals surface area contributed by atoms with Gasteiger partial charge in [-0.3, -0.25) is 9.59 Å². The molecule has 0 bridgehead atoms. The van der Waals surface area contributed by atoms with Crippen LogP contribution >= 0.6 is 23.2 Å². The van der Waals surface area contributed by atoms with Crippen molar-refractivity contribution < 1.29 is 19.1 Å². The van der Waals surface area contributed by atoms with Crippen molar-refractivity contribution in [2.45, 2.75) is 19.9 Å². The Balaban J connectivity index is 1.92. The number of benzene rings is 1. The number of nitrogens with one attached hydrogen (secondary N) is 1. The van der Waals surface area contributed by atoms with Crippen LogP contribution in [0.5, 0.6) is 5.75 Å². The zero-order valence-electron chi connectivity index (χ0n) is 14.3. The van der Waals surface area contributed by atoms with Crippen molar-refractivity contribution in [3.63, 3.8) is 0 Å². The van der Waals surface area contributed by atoms with Crippen molar-refractivity contribution in [2.24, 2.45) is 5.92 Å². The molecule has 2 amide bonds. The first-order valence-corrected chi connectivity index (χ1v) is 8.88. The molecule has 0 unspecified atom stereocenters. The summed E-state index contributed by atoms with van der Waals surface area (Å²) in [5.74, 6) is -0.164. The van der Waals surface area contributed by atoms with E-state index in [0.29, 0.717) is 42.1 Å². The van der Waals surface area contributed by atoms with Gasteiger partial charge in [-0.15, -0.1) is 0 Å². The minimum absolute atomic E-state index is 0.0431. The third-order valence-electron chi connectivity index (χ3n) is 3.82. The van der Waals surface area contributed by atoms with Gasteiger partial charge >= 0.3 is 0 Å². The zero-order valence-corrected chi connectivity index (χ0v) is 15.8. The molecule has 25 heavy (non-hydrogen) atoms. The second-order valence-corrected chi connectivity index (χ2v) is 6.93. The summed E-state index contributed by atoms with van der Waals surface area (Å²) in [6, 6.07) is 4.15. The van der Waals surface area contributed by atoms with Crippen LogP contribution in [0.25, 0.3) is 0 Å². The van der Waals surface area contributed by atoms with Gasteiger partial charge in [-0.1, -0.05) is 37.0 Å². The summed E-state index contributed by atoms with van der Waals surface area (Å²) < 4.78 is 10.7. The molecule has 0 aliphatic carbocycles. The van der Waals surface area contributed by atoms with Crippen molar-refractivity contribution >= 4 is 35.0 Å². The maximum Gasteiger partial charge on any atom is 0.258 e. The second kappa shape index (κ2) is 9.27. The molecule has 1 aliphatic rings. The van der Waals surface area contributed by atoms with Crippen molar-refractivity contribution in [3.05, 3.63) is 28.2 Å². The van der Waals surface area contributed by atoms with Crippen LogP contribution in [0.15, 0.2) is 18.2 Å². The third kappa shape index (κ3) is 5.76.